The number of aromatic nitrogens is 2. The van der Waals surface area contributed by atoms with E-state index < -0.39 is 29.7 Å². The highest BCUT2D eigenvalue weighted by Gasteiger charge is 2.43. The van der Waals surface area contributed by atoms with E-state index in [1.165, 1.54) is 23.9 Å². The van der Waals surface area contributed by atoms with Crippen molar-refractivity contribution in [1.29, 1.82) is 0 Å². The summed E-state index contributed by atoms with van der Waals surface area (Å²) in [5.41, 5.74) is -0.0589. The molecule has 8 heteroatoms. The van der Waals surface area contributed by atoms with Crippen LogP contribution in [0.3, 0.4) is 0 Å². The molecular formula is C19H24N2O6. The van der Waals surface area contributed by atoms with Crippen molar-refractivity contribution < 1.29 is 19.3 Å². The van der Waals surface area contributed by atoms with Gasteiger partial charge >= 0.3 is 5.69 Å². The van der Waals surface area contributed by atoms with Crippen molar-refractivity contribution in [3.63, 3.8) is 0 Å². The van der Waals surface area contributed by atoms with Crippen molar-refractivity contribution >= 4 is 0 Å². The Morgan fingerprint density at radius 2 is 1.93 bits per heavy atom. The van der Waals surface area contributed by atoms with Crippen LogP contribution < -0.4 is 11.2 Å². The second kappa shape index (κ2) is 8.62. The summed E-state index contributed by atoms with van der Waals surface area (Å²) in [6, 6.07) is 10.8. The molecular weight excluding hydrogens is 352 g/mol. The van der Waals surface area contributed by atoms with Gasteiger partial charge in [-0.3, -0.25) is 9.36 Å². The first-order chi connectivity index (χ1) is 13.1. The lowest BCUT2D eigenvalue weighted by molar-refractivity contribution is -0.0641. The molecule has 0 saturated carbocycles. The number of ether oxygens (including phenoxy) is 3. The van der Waals surface area contributed by atoms with Crippen molar-refractivity contribution in [3.05, 3.63) is 69.0 Å². The normalized spacial score (nSPS) is 25.0. The van der Waals surface area contributed by atoms with E-state index in [4.69, 9.17) is 14.2 Å². The average Bonchev–Trinajstić information content (AvgIpc) is 3.00. The van der Waals surface area contributed by atoms with Gasteiger partial charge in [0.25, 0.3) is 5.56 Å². The second-order valence-electron chi connectivity index (χ2n) is 6.54. The predicted octanol–water partition coefficient (Wildman–Crippen LogP) is 0.725. The zero-order valence-corrected chi connectivity index (χ0v) is 15.4. The Morgan fingerprint density at radius 1 is 1.19 bits per heavy atom. The molecule has 1 aromatic heterocycles. The van der Waals surface area contributed by atoms with Gasteiger partial charge in [0.2, 0.25) is 0 Å². The maximum atomic E-state index is 12.8. The molecule has 1 aromatic carbocycles. The maximum Gasteiger partial charge on any atom is 0.335 e. The van der Waals surface area contributed by atoms with Gasteiger partial charge in [-0.1, -0.05) is 37.3 Å². The second-order valence-corrected chi connectivity index (χ2v) is 6.54. The van der Waals surface area contributed by atoms with Crippen molar-refractivity contribution in [1.82, 2.24) is 9.13 Å². The van der Waals surface area contributed by atoms with Gasteiger partial charge in [0.05, 0.1) is 19.3 Å². The Kier molecular flexibility index (Phi) is 6.22. The third kappa shape index (κ3) is 4.03. The molecule has 1 saturated heterocycles. The quantitative estimate of drug-likeness (QED) is 0.766. The van der Waals surface area contributed by atoms with E-state index in [9.17, 15) is 14.7 Å². The number of aliphatic hydroxyl groups is 1. The minimum Gasteiger partial charge on any atom is -0.394 e. The molecule has 146 valence electrons. The topological polar surface area (TPSA) is 91.9 Å². The third-order valence-electron chi connectivity index (χ3n) is 4.85. The van der Waals surface area contributed by atoms with Crippen LogP contribution in [0.25, 0.3) is 0 Å². The number of hydrogen-bond donors (Lipinski definition) is 1. The molecule has 1 fully saturated rings. The summed E-state index contributed by atoms with van der Waals surface area (Å²) in [5.74, 6) is -0.105. The van der Waals surface area contributed by atoms with Crippen LogP contribution in [0.4, 0.5) is 0 Å². The first-order valence-electron chi connectivity index (χ1n) is 8.79. The molecule has 0 bridgehead atoms. The first kappa shape index (κ1) is 19.5. The van der Waals surface area contributed by atoms with Crippen molar-refractivity contribution in [2.45, 2.75) is 38.7 Å². The highest BCUT2D eigenvalue weighted by Crippen LogP contribution is 2.34. The van der Waals surface area contributed by atoms with Gasteiger partial charge in [0.1, 0.15) is 12.8 Å². The van der Waals surface area contributed by atoms with E-state index in [-0.39, 0.29) is 25.9 Å². The minimum atomic E-state index is -0.726. The van der Waals surface area contributed by atoms with Gasteiger partial charge in [-0.2, -0.15) is 0 Å². The van der Waals surface area contributed by atoms with E-state index in [0.717, 1.165) is 10.1 Å². The summed E-state index contributed by atoms with van der Waals surface area (Å²) in [5, 5.41) is 9.46. The molecule has 1 N–H and O–H groups in total. The van der Waals surface area contributed by atoms with Crippen LogP contribution in [0.2, 0.25) is 0 Å². The van der Waals surface area contributed by atoms with Crippen LogP contribution >= 0.6 is 0 Å². The maximum absolute atomic E-state index is 12.8. The summed E-state index contributed by atoms with van der Waals surface area (Å²) in [6.07, 6.45) is -0.199. The fourth-order valence-electron chi connectivity index (χ4n) is 3.29. The van der Waals surface area contributed by atoms with Gasteiger partial charge in [0.15, 0.2) is 6.23 Å². The summed E-state index contributed by atoms with van der Waals surface area (Å²) in [7, 11) is 1.53. The highest BCUT2D eigenvalue weighted by molar-refractivity contribution is 5.13. The average molecular weight is 376 g/mol. The number of aliphatic hydroxyl groups excluding tert-OH is 1. The molecule has 1 aliphatic rings. The van der Waals surface area contributed by atoms with Gasteiger partial charge < -0.3 is 19.3 Å². The number of methoxy groups -OCH3 is 1. The zero-order valence-electron chi connectivity index (χ0n) is 15.4. The molecule has 27 heavy (non-hydrogen) atoms. The third-order valence-corrected chi connectivity index (χ3v) is 4.85. The first-order valence-corrected chi connectivity index (χ1v) is 8.79. The lowest BCUT2D eigenvalue weighted by Crippen LogP contribution is -2.43. The SMILES string of the molecule is COC1[C@@H](C)[C@@H](CO)O[C@H]1n1ccc(=O)n(COCc2ccccc2)c1=O. The fourth-order valence-corrected chi connectivity index (χ4v) is 3.29. The number of rotatable bonds is 7. The highest BCUT2D eigenvalue weighted by atomic mass is 16.6. The van der Waals surface area contributed by atoms with Crippen LogP contribution in [-0.2, 0) is 27.5 Å². The largest absolute Gasteiger partial charge is 0.394 e. The molecule has 1 aliphatic heterocycles. The van der Waals surface area contributed by atoms with E-state index in [1.54, 1.807) is 0 Å². The predicted molar refractivity (Wildman–Crippen MR) is 97.1 cm³/mol. The Labute approximate surface area is 156 Å². The monoisotopic (exact) mass is 376 g/mol. The summed E-state index contributed by atoms with van der Waals surface area (Å²) in [6.45, 7) is 1.83. The number of nitrogens with zero attached hydrogens (tertiary/aromatic N) is 2. The van der Waals surface area contributed by atoms with Crippen LogP contribution in [0.1, 0.15) is 18.7 Å². The molecule has 8 nitrogen and oxygen atoms in total. The Bertz CT molecular complexity index is 862. The fraction of sp³-hybridized carbons (Fsp3) is 0.474. The van der Waals surface area contributed by atoms with E-state index >= 15 is 0 Å². The Hall–Kier alpha value is -2.26. The molecule has 4 atom stereocenters. The van der Waals surface area contributed by atoms with Crippen molar-refractivity contribution in [2.24, 2.45) is 5.92 Å². The molecule has 1 unspecified atom stereocenters. The lowest BCUT2D eigenvalue weighted by atomic mass is 10.0. The zero-order chi connectivity index (χ0) is 19.4. The van der Waals surface area contributed by atoms with Crippen LogP contribution in [0.5, 0.6) is 0 Å². The molecule has 3 rings (SSSR count). The van der Waals surface area contributed by atoms with Gasteiger partial charge in [-0.15, -0.1) is 0 Å². The Balaban J connectivity index is 1.81. The molecule has 0 aliphatic carbocycles. The van der Waals surface area contributed by atoms with Gasteiger partial charge in [-0.25, -0.2) is 9.36 Å². The molecule has 0 radical (unpaired) electrons. The smallest absolute Gasteiger partial charge is 0.335 e. The summed E-state index contributed by atoms with van der Waals surface area (Å²) < 4.78 is 19.1. The molecule has 0 spiro atoms. The molecule has 0 amide bonds. The Morgan fingerprint density at radius 3 is 2.59 bits per heavy atom. The van der Waals surface area contributed by atoms with Crippen LogP contribution in [0, 0.1) is 5.92 Å². The standard InChI is InChI=1S/C19H24N2O6/c1-13-15(10-22)27-18(17(13)25-2)20-9-8-16(23)21(19(20)24)12-26-11-14-6-4-3-5-7-14/h3-9,13,15,17-18,22H,10-12H2,1-2H3/t13-,15+,17?,18+/m0/s1. The van der Waals surface area contributed by atoms with Gasteiger partial charge in [0, 0.05) is 25.3 Å². The lowest BCUT2D eigenvalue weighted by Gasteiger charge is -2.22. The summed E-state index contributed by atoms with van der Waals surface area (Å²) >= 11 is 0. The van der Waals surface area contributed by atoms with Crippen molar-refractivity contribution in [3.8, 4) is 0 Å². The van der Waals surface area contributed by atoms with E-state index in [1.807, 2.05) is 37.3 Å². The number of hydrogen-bond acceptors (Lipinski definition) is 6. The summed E-state index contributed by atoms with van der Waals surface area (Å²) in [4.78, 5) is 25.0. The van der Waals surface area contributed by atoms with Crippen LogP contribution in [-0.4, -0.2) is 40.2 Å². The number of benzene rings is 1. The van der Waals surface area contributed by atoms with Crippen LogP contribution in [0.15, 0.2) is 52.2 Å². The minimum absolute atomic E-state index is 0.105. The molecule has 2 heterocycles. The van der Waals surface area contributed by atoms with Gasteiger partial charge in [-0.05, 0) is 5.56 Å². The van der Waals surface area contributed by atoms with E-state index in [2.05, 4.69) is 0 Å². The van der Waals surface area contributed by atoms with E-state index in [0.29, 0.717) is 0 Å². The van der Waals surface area contributed by atoms with Crippen molar-refractivity contribution in [2.75, 3.05) is 13.7 Å². The molecule has 2 aromatic rings.